The van der Waals surface area contributed by atoms with Crippen molar-refractivity contribution < 1.29 is 23.9 Å². The van der Waals surface area contributed by atoms with Crippen molar-refractivity contribution in [2.75, 3.05) is 23.9 Å². The monoisotopic (exact) mass is 341 g/mol. The number of fused-ring (bicyclic) bond motifs is 2. The van der Waals surface area contributed by atoms with Crippen LogP contribution >= 0.6 is 0 Å². The van der Waals surface area contributed by atoms with Gasteiger partial charge >= 0.3 is 11.9 Å². The number of benzene rings is 1. The smallest absolute Gasteiger partial charge is 0.397 e. The van der Waals surface area contributed by atoms with Crippen LogP contribution in [0, 0.1) is 0 Å². The van der Waals surface area contributed by atoms with Crippen LogP contribution in [0.5, 0.6) is 11.6 Å². The van der Waals surface area contributed by atoms with Crippen molar-refractivity contribution in [2.45, 2.75) is 6.92 Å². The lowest BCUT2D eigenvalue weighted by Crippen LogP contribution is -2.26. The van der Waals surface area contributed by atoms with Gasteiger partial charge in [-0.25, -0.2) is 9.78 Å². The van der Waals surface area contributed by atoms with Gasteiger partial charge in [0.15, 0.2) is 0 Å². The molecule has 8 heteroatoms. The molecule has 0 atom stereocenters. The Morgan fingerprint density at radius 3 is 2.88 bits per heavy atom. The fraction of sp³-hybridized carbons (Fsp3) is 0.176. The average molecular weight is 341 g/mol. The molecule has 25 heavy (non-hydrogen) atoms. The second-order valence-corrected chi connectivity index (χ2v) is 5.18. The van der Waals surface area contributed by atoms with Crippen LogP contribution < -0.4 is 15.0 Å². The Hall–Kier alpha value is -3.42. The summed E-state index contributed by atoms with van der Waals surface area (Å²) in [5.74, 6) is -1.62. The van der Waals surface area contributed by atoms with Crippen molar-refractivity contribution in [3.8, 4) is 11.6 Å². The molecule has 3 rings (SSSR count). The Labute approximate surface area is 143 Å². The number of anilines is 2. The molecule has 2 heterocycles. The molecule has 128 valence electrons. The Bertz CT molecular complexity index is 865. The fourth-order valence-corrected chi connectivity index (χ4v) is 2.35. The fourth-order valence-electron chi connectivity index (χ4n) is 2.35. The van der Waals surface area contributed by atoms with E-state index in [1.165, 1.54) is 23.1 Å². The molecule has 1 aliphatic heterocycles. The van der Waals surface area contributed by atoms with E-state index in [9.17, 15) is 14.4 Å². The summed E-state index contributed by atoms with van der Waals surface area (Å²) in [6, 6.07) is 7.92. The van der Waals surface area contributed by atoms with Gasteiger partial charge in [0.05, 0.1) is 12.2 Å². The van der Waals surface area contributed by atoms with E-state index in [4.69, 9.17) is 4.74 Å². The number of amides is 2. The van der Waals surface area contributed by atoms with Gasteiger partial charge in [0, 0.05) is 18.9 Å². The van der Waals surface area contributed by atoms with Crippen molar-refractivity contribution in [2.24, 2.45) is 0 Å². The van der Waals surface area contributed by atoms with E-state index in [-0.39, 0.29) is 23.8 Å². The summed E-state index contributed by atoms with van der Waals surface area (Å²) in [4.78, 5) is 41.4. The summed E-state index contributed by atoms with van der Waals surface area (Å²) < 4.78 is 10.3. The van der Waals surface area contributed by atoms with E-state index in [0.717, 1.165) is 0 Å². The molecule has 2 amide bonds. The maximum Gasteiger partial charge on any atom is 0.397 e. The van der Waals surface area contributed by atoms with Gasteiger partial charge in [-0.2, -0.15) is 0 Å². The first-order valence-electron chi connectivity index (χ1n) is 7.54. The van der Waals surface area contributed by atoms with Crippen LogP contribution in [0.15, 0.2) is 36.5 Å². The number of esters is 1. The van der Waals surface area contributed by atoms with Gasteiger partial charge < -0.3 is 19.7 Å². The summed E-state index contributed by atoms with van der Waals surface area (Å²) >= 11 is 0. The van der Waals surface area contributed by atoms with Gasteiger partial charge in [0.2, 0.25) is 5.88 Å². The first-order chi connectivity index (χ1) is 12.0. The third kappa shape index (κ3) is 3.14. The van der Waals surface area contributed by atoms with Crippen LogP contribution in [-0.2, 0) is 14.3 Å². The molecular weight excluding hydrogens is 326 g/mol. The van der Waals surface area contributed by atoms with Crippen molar-refractivity contribution in [3.63, 3.8) is 0 Å². The lowest BCUT2D eigenvalue weighted by Gasteiger charge is -2.15. The molecule has 0 radical (unpaired) electrons. The molecular formula is C17H15N3O5. The number of hydrogen-bond acceptors (Lipinski definition) is 6. The van der Waals surface area contributed by atoms with Crippen LogP contribution in [0.1, 0.15) is 17.3 Å². The Morgan fingerprint density at radius 2 is 2.12 bits per heavy atom. The van der Waals surface area contributed by atoms with Crippen LogP contribution in [0.4, 0.5) is 11.4 Å². The molecule has 8 nitrogen and oxygen atoms in total. The summed E-state index contributed by atoms with van der Waals surface area (Å²) in [5.41, 5.74) is 1.05. The standard InChI is InChI=1S/C17H15N3O5/c1-3-24-17(23)14(21)19-10-6-7-13-11(9-10)16(22)20(2)12-5-4-8-18-15(12)25-13/h4-9H,3H2,1-2H3,(H,19,21). The zero-order valence-electron chi connectivity index (χ0n) is 13.6. The maximum absolute atomic E-state index is 12.7. The number of nitrogens with one attached hydrogen (secondary N) is 1. The van der Waals surface area contributed by atoms with Crippen LogP contribution in [0.3, 0.4) is 0 Å². The Balaban J connectivity index is 1.92. The number of ether oxygens (including phenoxy) is 2. The van der Waals surface area contributed by atoms with Crippen LogP contribution in [0.2, 0.25) is 0 Å². The molecule has 0 spiro atoms. The zero-order chi connectivity index (χ0) is 18.0. The molecule has 1 N–H and O–H groups in total. The number of rotatable bonds is 2. The summed E-state index contributed by atoms with van der Waals surface area (Å²) in [5, 5.41) is 2.40. The van der Waals surface area contributed by atoms with Gasteiger partial charge in [-0.05, 0) is 37.3 Å². The highest BCUT2D eigenvalue weighted by Crippen LogP contribution is 2.37. The van der Waals surface area contributed by atoms with Crippen molar-refractivity contribution in [1.29, 1.82) is 0 Å². The lowest BCUT2D eigenvalue weighted by molar-refractivity contribution is -0.152. The van der Waals surface area contributed by atoms with Gasteiger partial charge in [-0.1, -0.05) is 0 Å². The molecule has 1 aliphatic rings. The molecule has 0 saturated carbocycles. The van der Waals surface area contributed by atoms with Gasteiger partial charge in [-0.3, -0.25) is 9.59 Å². The molecule has 0 unspecified atom stereocenters. The topological polar surface area (TPSA) is 97.8 Å². The number of aromatic nitrogens is 1. The van der Waals surface area contributed by atoms with E-state index < -0.39 is 11.9 Å². The third-order valence-electron chi connectivity index (χ3n) is 3.55. The number of hydrogen-bond donors (Lipinski definition) is 1. The van der Waals surface area contributed by atoms with Crippen LogP contribution in [0.25, 0.3) is 0 Å². The molecule has 0 bridgehead atoms. The normalized spacial score (nSPS) is 12.4. The van der Waals surface area contributed by atoms with Crippen molar-refractivity contribution >= 4 is 29.2 Å². The van der Waals surface area contributed by atoms with Gasteiger partial charge in [-0.15, -0.1) is 0 Å². The largest absolute Gasteiger partial charge is 0.459 e. The second kappa shape index (κ2) is 6.60. The van der Waals surface area contributed by atoms with Crippen molar-refractivity contribution in [3.05, 3.63) is 42.1 Å². The number of nitrogens with zero attached hydrogens (tertiary/aromatic N) is 2. The van der Waals surface area contributed by atoms with Crippen molar-refractivity contribution in [1.82, 2.24) is 4.98 Å². The highest BCUT2D eigenvalue weighted by molar-refractivity contribution is 6.37. The van der Waals surface area contributed by atoms with E-state index in [1.54, 1.807) is 32.3 Å². The quantitative estimate of drug-likeness (QED) is 0.662. The Kier molecular flexibility index (Phi) is 4.34. The minimum absolute atomic E-state index is 0.0961. The summed E-state index contributed by atoms with van der Waals surface area (Å²) in [6.07, 6.45) is 1.57. The minimum Gasteiger partial charge on any atom is -0.459 e. The van der Waals surface area contributed by atoms with Crippen LogP contribution in [-0.4, -0.2) is 36.4 Å². The summed E-state index contributed by atoms with van der Waals surface area (Å²) in [6.45, 7) is 1.70. The molecule has 0 aliphatic carbocycles. The lowest BCUT2D eigenvalue weighted by atomic mass is 10.1. The molecule has 2 aromatic rings. The first-order valence-corrected chi connectivity index (χ1v) is 7.54. The highest BCUT2D eigenvalue weighted by atomic mass is 16.5. The minimum atomic E-state index is -0.992. The third-order valence-corrected chi connectivity index (χ3v) is 3.55. The molecule has 0 fully saturated rings. The first kappa shape index (κ1) is 16.4. The Morgan fingerprint density at radius 1 is 1.32 bits per heavy atom. The SMILES string of the molecule is CCOC(=O)C(=O)Nc1ccc2c(c1)C(=O)N(C)c1cccnc1O2. The highest BCUT2D eigenvalue weighted by Gasteiger charge is 2.27. The van der Waals surface area contributed by atoms with E-state index in [1.807, 2.05) is 0 Å². The summed E-state index contributed by atoms with van der Waals surface area (Å²) in [7, 11) is 1.60. The maximum atomic E-state index is 12.7. The number of pyridine rings is 1. The van der Waals surface area contributed by atoms with E-state index >= 15 is 0 Å². The molecule has 1 aromatic heterocycles. The second-order valence-electron chi connectivity index (χ2n) is 5.18. The zero-order valence-corrected chi connectivity index (χ0v) is 13.6. The molecule has 1 aromatic carbocycles. The van der Waals surface area contributed by atoms with Gasteiger partial charge in [0.25, 0.3) is 5.91 Å². The predicted molar refractivity (Wildman–Crippen MR) is 88.7 cm³/mol. The number of carbonyl (C=O) groups excluding carboxylic acids is 3. The molecule has 0 saturated heterocycles. The van der Waals surface area contributed by atoms with E-state index in [0.29, 0.717) is 17.3 Å². The number of carbonyl (C=O) groups is 3. The van der Waals surface area contributed by atoms with E-state index in [2.05, 4.69) is 15.0 Å². The average Bonchev–Trinajstić information content (AvgIpc) is 2.71. The predicted octanol–water partition coefficient (Wildman–Crippen LogP) is 1.97. The van der Waals surface area contributed by atoms with Gasteiger partial charge in [0.1, 0.15) is 11.4 Å².